The van der Waals surface area contributed by atoms with E-state index < -0.39 is 52.9 Å². The average molecular weight is 491 g/mol. The van der Waals surface area contributed by atoms with E-state index in [1.807, 2.05) is 30.3 Å². The van der Waals surface area contributed by atoms with E-state index in [4.69, 9.17) is 0 Å². The molecule has 4 atom stereocenters. The minimum Gasteiger partial charge on any atom is -0.324 e. The Morgan fingerprint density at radius 1 is 0.861 bits per heavy atom. The molecule has 36 heavy (non-hydrogen) atoms. The first kappa shape index (κ1) is 22.5. The van der Waals surface area contributed by atoms with Crippen LogP contribution in [0, 0.1) is 11.8 Å². The fourth-order valence-corrected chi connectivity index (χ4v) is 5.88. The fourth-order valence-electron chi connectivity index (χ4n) is 5.88. The summed E-state index contributed by atoms with van der Waals surface area (Å²) in [6.07, 6.45) is -4.28. The number of amides is 3. The van der Waals surface area contributed by atoms with Crippen LogP contribution in [0.4, 0.5) is 24.5 Å². The summed E-state index contributed by atoms with van der Waals surface area (Å²) < 4.78 is 40.2. The van der Waals surface area contributed by atoms with Crippen LogP contribution in [-0.4, -0.2) is 23.8 Å². The Bertz CT molecular complexity index is 1410. The molecule has 0 saturated carbocycles. The molecule has 1 spiro atoms. The van der Waals surface area contributed by atoms with Crippen LogP contribution in [0.1, 0.15) is 16.7 Å². The summed E-state index contributed by atoms with van der Waals surface area (Å²) in [5, 5.41) is 6.14. The van der Waals surface area contributed by atoms with Crippen molar-refractivity contribution < 1.29 is 27.6 Å². The number of halogens is 3. The van der Waals surface area contributed by atoms with Gasteiger partial charge in [-0.05, 0) is 36.2 Å². The van der Waals surface area contributed by atoms with Crippen LogP contribution in [0.3, 0.4) is 0 Å². The summed E-state index contributed by atoms with van der Waals surface area (Å²) in [7, 11) is 0. The van der Waals surface area contributed by atoms with E-state index in [2.05, 4.69) is 10.6 Å². The number of hydrogen-bond acceptors (Lipinski definition) is 4. The normalized spacial score (nSPS) is 26.9. The van der Waals surface area contributed by atoms with E-state index in [1.165, 1.54) is 12.1 Å². The van der Waals surface area contributed by atoms with Gasteiger partial charge in [-0.15, -0.1) is 0 Å². The SMILES string of the molecule is O=C1[C@@H]2[C@H](Cc3ccccc3)N[C@@]3(C(=O)Nc4ccccc43)[C@H]2C(=O)N1c1cccc(C(F)(F)F)c1. The third-order valence-electron chi connectivity index (χ3n) is 7.35. The molecule has 3 heterocycles. The largest absolute Gasteiger partial charge is 0.416 e. The highest BCUT2D eigenvalue weighted by Gasteiger charge is 2.70. The fraction of sp³-hybridized carbons (Fsp3) is 0.222. The molecule has 0 radical (unpaired) electrons. The number of carbonyl (C=O) groups excluding carboxylic acids is 3. The number of para-hydroxylation sites is 1. The lowest BCUT2D eigenvalue weighted by Crippen LogP contribution is -2.53. The Balaban J connectivity index is 1.48. The van der Waals surface area contributed by atoms with E-state index in [0.29, 0.717) is 17.7 Å². The van der Waals surface area contributed by atoms with Crippen molar-refractivity contribution in [3.05, 3.63) is 95.6 Å². The molecule has 2 fully saturated rings. The van der Waals surface area contributed by atoms with Gasteiger partial charge in [0.2, 0.25) is 17.7 Å². The second-order valence-electron chi connectivity index (χ2n) is 9.31. The lowest BCUT2D eigenvalue weighted by molar-refractivity contribution is -0.137. The van der Waals surface area contributed by atoms with Crippen LogP contribution in [0.5, 0.6) is 0 Å². The van der Waals surface area contributed by atoms with Crippen molar-refractivity contribution in [2.45, 2.75) is 24.2 Å². The summed E-state index contributed by atoms with van der Waals surface area (Å²) in [5.74, 6) is -3.83. The number of imide groups is 1. The second kappa shape index (κ2) is 7.76. The number of anilines is 2. The third kappa shape index (κ3) is 3.12. The van der Waals surface area contributed by atoms with Crippen LogP contribution in [0.2, 0.25) is 0 Å². The smallest absolute Gasteiger partial charge is 0.324 e. The van der Waals surface area contributed by atoms with Crippen molar-refractivity contribution in [2.24, 2.45) is 11.8 Å². The van der Waals surface area contributed by atoms with Crippen LogP contribution in [-0.2, 0) is 32.5 Å². The molecule has 6 rings (SSSR count). The topological polar surface area (TPSA) is 78.5 Å². The lowest BCUT2D eigenvalue weighted by Gasteiger charge is -2.29. The monoisotopic (exact) mass is 491 g/mol. The van der Waals surface area contributed by atoms with Gasteiger partial charge < -0.3 is 5.32 Å². The Labute approximate surface area is 204 Å². The molecule has 3 aromatic carbocycles. The van der Waals surface area contributed by atoms with E-state index in [0.717, 1.165) is 22.6 Å². The van der Waals surface area contributed by atoms with Gasteiger partial charge >= 0.3 is 6.18 Å². The highest BCUT2D eigenvalue weighted by atomic mass is 19.4. The predicted molar refractivity (Wildman–Crippen MR) is 125 cm³/mol. The van der Waals surface area contributed by atoms with Crippen molar-refractivity contribution >= 4 is 29.1 Å². The third-order valence-corrected chi connectivity index (χ3v) is 7.35. The standard InChI is InChI=1S/C27H20F3N3O3/c28-27(29,30)16-9-6-10-17(14-16)33-23(34)21-20(13-15-7-2-1-3-8-15)32-26(22(21)24(33)35)18-11-4-5-12-19(18)31-25(26)36/h1-12,14,20-22,32H,13H2,(H,31,36)/t20-,21+,22+,26+/m0/s1. The van der Waals surface area contributed by atoms with Crippen molar-refractivity contribution in [3.63, 3.8) is 0 Å². The average Bonchev–Trinajstić information content (AvgIpc) is 3.43. The minimum atomic E-state index is -4.64. The lowest BCUT2D eigenvalue weighted by atomic mass is 9.76. The summed E-state index contributed by atoms with van der Waals surface area (Å²) in [5.41, 5.74) is -0.649. The number of carbonyl (C=O) groups is 3. The molecule has 2 N–H and O–H groups in total. The van der Waals surface area contributed by atoms with Crippen LogP contribution in [0.15, 0.2) is 78.9 Å². The Kier molecular flexibility index (Phi) is 4.85. The number of nitrogens with zero attached hydrogens (tertiary/aromatic N) is 1. The first-order valence-corrected chi connectivity index (χ1v) is 11.5. The molecule has 9 heteroatoms. The van der Waals surface area contributed by atoms with Gasteiger partial charge in [-0.25, -0.2) is 4.90 Å². The zero-order chi connectivity index (χ0) is 25.2. The molecule has 3 aromatic rings. The van der Waals surface area contributed by atoms with Crippen molar-refractivity contribution in [1.29, 1.82) is 0 Å². The van der Waals surface area contributed by atoms with Crippen LogP contribution >= 0.6 is 0 Å². The van der Waals surface area contributed by atoms with Gasteiger partial charge in [0.15, 0.2) is 0 Å². The molecule has 3 aliphatic heterocycles. The second-order valence-corrected chi connectivity index (χ2v) is 9.31. The van der Waals surface area contributed by atoms with Crippen molar-refractivity contribution in [3.8, 4) is 0 Å². The van der Waals surface area contributed by atoms with Gasteiger partial charge in [-0.3, -0.25) is 19.7 Å². The van der Waals surface area contributed by atoms with Gasteiger partial charge in [0.05, 0.1) is 23.1 Å². The zero-order valence-corrected chi connectivity index (χ0v) is 18.8. The molecule has 182 valence electrons. The van der Waals surface area contributed by atoms with E-state index in [1.54, 1.807) is 24.3 Å². The maximum Gasteiger partial charge on any atom is 0.416 e. The van der Waals surface area contributed by atoms with E-state index in [-0.39, 0.29) is 5.69 Å². The molecule has 6 nitrogen and oxygen atoms in total. The van der Waals surface area contributed by atoms with Crippen molar-refractivity contribution in [2.75, 3.05) is 10.2 Å². The number of benzene rings is 3. The molecular weight excluding hydrogens is 471 g/mol. The Morgan fingerprint density at radius 2 is 1.58 bits per heavy atom. The molecule has 3 amide bonds. The summed E-state index contributed by atoms with van der Waals surface area (Å²) in [4.78, 5) is 41.9. The first-order valence-electron chi connectivity index (χ1n) is 11.5. The minimum absolute atomic E-state index is 0.158. The highest BCUT2D eigenvalue weighted by Crippen LogP contribution is 2.54. The summed E-state index contributed by atoms with van der Waals surface area (Å²) in [6.45, 7) is 0. The predicted octanol–water partition coefficient (Wildman–Crippen LogP) is 3.87. The van der Waals surface area contributed by atoms with Crippen LogP contribution in [0.25, 0.3) is 0 Å². The summed E-state index contributed by atoms with van der Waals surface area (Å²) >= 11 is 0. The molecule has 0 aromatic heterocycles. The number of alkyl halides is 3. The van der Waals surface area contributed by atoms with Gasteiger partial charge in [-0.1, -0.05) is 54.6 Å². The first-order chi connectivity index (χ1) is 17.2. The van der Waals surface area contributed by atoms with Gasteiger partial charge in [-0.2, -0.15) is 13.2 Å². The Hall–Kier alpha value is -3.98. The maximum atomic E-state index is 13.9. The Morgan fingerprint density at radius 3 is 2.33 bits per heavy atom. The zero-order valence-electron chi connectivity index (χ0n) is 18.8. The molecular formula is C27H20F3N3O3. The quantitative estimate of drug-likeness (QED) is 0.546. The molecule has 0 bridgehead atoms. The van der Waals surface area contributed by atoms with Gasteiger partial charge in [0, 0.05) is 17.3 Å². The highest BCUT2D eigenvalue weighted by molar-refractivity contribution is 6.25. The summed E-state index contributed by atoms with van der Waals surface area (Å²) in [6, 6.07) is 19.8. The van der Waals surface area contributed by atoms with E-state index in [9.17, 15) is 27.6 Å². The molecule has 3 aliphatic rings. The number of rotatable bonds is 3. The molecule has 0 unspecified atom stereocenters. The van der Waals surface area contributed by atoms with Gasteiger partial charge in [0.25, 0.3) is 0 Å². The molecule has 0 aliphatic carbocycles. The van der Waals surface area contributed by atoms with Crippen molar-refractivity contribution in [1.82, 2.24) is 5.32 Å². The van der Waals surface area contributed by atoms with E-state index >= 15 is 0 Å². The number of fused-ring (bicyclic) bond motifs is 4. The van der Waals surface area contributed by atoms with Crippen LogP contribution < -0.4 is 15.5 Å². The number of hydrogen-bond donors (Lipinski definition) is 2. The molecule has 2 saturated heterocycles. The maximum absolute atomic E-state index is 13.9. The number of nitrogens with one attached hydrogen (secondary N) is 2. The van der Waals surface area contributed by atoms with Gasteiger partial charge in [0.1, 0.15) is 5.54 Å².